The lowest BCUT2D eigenvalue weighted by molar-refractivity contribution is -0.147. The monoisotopic (exact) mass is 305 g/mol. The zero-order valence-electron chi connectivity index (χ0n) is 12.7. The van der Waals surface area contributed by atoms with Crippen molar-refractivity contribution >= 4 is 11.9 Å². The molecule has 0 aromatic heterocycles. The Morgan fingerprint density at radius 1 is 1.23 bits per heavy atom. The van der Waals surface area contributed by atoms with Crippen LogP contribution >= 0.6 is 0 Å². The molecule has 5 heteroatoms. The van der Waals surface area contributed by atoms with Crippen LogP contribution in [-0.4, -0.2) is 41.6 Å². The Morgan fingerprint density at radius 2 is 2.00 bits per heavy atom. The SMILES string of the molecule is O=C(CCC(=O)N1CCCC(CO)C1)OCc1ccccc1. The maximum absolute atomic E-state index is 12.1. The Hall–Kier alpha value is -1.88. The summed E-state index contributed by atoms with van der Waals surface area (Å²) in [6, 6.07) is 9.46. The fourth-order valence-electron chi connectivity index (χ4n) is 2.62. The molecular formula is C17H23NO4. The van der Waals surface area contributed by atoms with Crippen molar-refractivity contribution in [3.63, 3.8) is 0 Å². The molecule has 22 heavy (non-hydrogen) atoms. The van der Waals surface area contributed by atoms with Gasteiger partial charge in [-0.1, -0.05) is 30.3 Å². The van der Waals surface area contributed by atoms with Crippen LogP contribution in [0.3, 0.4) is 0 Å². The second kappa shape index (κ2) is 8.54. The largest absolute Gasteiger partial charge is 0.461 e. The molecule has 1 atom stereocenters. The van der Waals surface area contributed by atoms with Gasteiger partial charge in [-0.05, 0) is 24.3 Å². The maximum atomic E-state index is 12.1. The minimum atomic E-state index is -0.354. The van der Waals surface area contributed by atoms with Crippen LogP contribution in [0.1, 0.15) is 31.2 Å². The van der Waals surface area contributed by atoms with Crippen molar-refractivity contribution in [3.8, 4) is 0 Å². The Balaban J connectivity index is 1.68. The number of hydrogen-bond acceptors (Lipinski definition) is 4. The van der Waals surface area contributed by atoms with Crippen LogP contribution in [0.15, 0.2) is 30.3 Å². The average molecular weight is 305 g/mol. The van der Waals surface area contributed by atoms with Crippen LogP contribution in [0.4, 0.5) is 0 Å². The van der Waals surface area contributed by atoms with E-state index in [-0.39, 0.29) is 43.8 Å². The smallest absolute Gasteiger partial charge is 0.306 e. The van der Waals surface area contributed by atoms with Gasteiger partial charge in [0.1, 0.15) is 6.61 Å². The molecule has 1 aliphatic heterocycles. The fourth-order valence-corrected chi connectivity index (χ4v) is 2.62. The second-order valence-corrected chi connectivity index (χ2v) is 5.68. The third kappa shape index (κ3) is 5.15. The van der Waals surface area contributed by atoms with E-state index in [4.69, 9.17) is 4.74 Å². The lowest BCUT2D eigenvalue weighted by Gasteiger charge is -2.31. The van der Waals surface area contributed by atoms with E-state index in [1.54, 1.807) is 4.90 Å². The van der Waals surface area contributed by atoms with E-state index >= 15 is 0 Å². The van der Waals surface area contributed by atoms with E-state index in [0.717, 1.165) is 18.4 Å². The molecule has 1 amide bonds. The number of aliphatic hydroxyl groups excluding tert-OH is 1. The summed E-state index contributed by atoms with van der Waals surface area (Å²) in [5, 5.41) is 9.17. The molecule has 0 radical (unpaired) electrons. The summed E-state index contributed by atoms with van der Waals surface area (Å²) in [5.74, 6) is -0.217. The number of esters is 1. The summed E-state index contributed by atoms with van der Waals surface area (Å²) in [6.45, 7) is 1.66. The standard InChI is InChI=1S/C17H23NO4/c19-12-15-7-4-10-18(11-15)16(20)8-9-17(21)22-13-14-5-2-1-3-6-14/h1-3,5-6,15,19H,4,7-13H2. The van der Waals surface area contributed by atoms with Gasteiger partial charge in [0.15, 0.2) is 0 Å². The molecule has 1 saturated heterocycles. The molecule has 1 aliphatic rings. The van der Waals surface area contributed by atoms with Crippen molar-refractivity contribution in [1.82, 2.24) is 4.90 Å². The molecule has 0 aliphatic carbocycles. The number of aliphatic hydroxyl groups is 1. The Kier molecular flexibility index (Phi) is 6.40. The van der Waals surface area contributed by atoms with Gasteiger partial charge in [0, 0.05) is 26.1 Å². The molecule has 1 N–H and O–H groups in total. The van der Waals surface area contributed by atoms with Crippen molar-refractivity contribution < 1.29 is 19.4 Å². The highest BCUT2D eigenvalue weighted by atomic mass is 16.5. The van der Waals surface area contributed by atoms with Crippen molar-refractivity contribution in [2.75, 3.05) is 19.7 Å². The summed E-state index contributed by atoms with van der Waals surface area (Å²) in [4.78, 5) is 25.5. The van der Waals surface area contributed by atoms with Gasteiger partial charge in [0.25, 0.3) is 0 Å². The number of piperidine rings is 1. The van der Waals surface area contributed by atoms with Crippen LogP contribution in [-0.2, 0) is 20.9 Å². The first-order chi connectivity index (χ1) is 10.7. The first-order valence-corrected chi connectivity index (χ1v) is 7.77. The quantitative estimate of drug-likeness (QED) is 0.813. The number of benzene rings is 1. The molecule has 1 unspecified atom stereocenters. The predicted molar refractivity (Wildman–Crippen MR) is 81.9 cm³/mol. The number of carbonyl (C=O) groups excluding carboxylic acids is 2. The zero-order chi connectivity index (χ0) is 15.8. The summed E-state index contributed by atoms with van der Waals surface area (Å²) in [7, 11) is 0. The number of ether oxygens (including phenoxy) is 1. The molecule has 1 fully saturated rings. The summed E-state index contributed by atoms with van der Waals surface area (Å²) >= 11 is 0. The van der Waals surface area contributed by atoms with Gasteiger partial charge >= 0.3 is 5.97 Å². The molecule has 0 bridgehead atoms. The Labute approximate surface area is 130 Å². The van der Waals surface area contributed by atoms with Crippen LogP contribution in [0, 0.1) is 5.92 Å². The van der Waals surface area contributed by atoms with Gasteiger partial charge < -0.3 is 14.7 Å². The van der Waals surface area contributed by atoms with Crippen LogP contribution in [0.5, 0.6) is 0 Å². The van der Waals surface area contributed by atoms with Crippen molar-refractivity contribution in [3.05, 3.63) is 35.9 Å². The van der Waals surface area contributed by atoms with E-state index in [1.807, 2.05) is 30.3 Å². The number of amides is 1. The number of likely N-dealkylation sites (tertiary alicyclic amines) is 1. The number of rotatable bonds is 6. The Morgan fingerprint density at radius 3 is 2.73 bits per heavy atom. The molecule has 1 aromatic carbocycles. The van der Waals surface area contributed by atoms with Gasteiger partial charge in [0.05, 0.1) is 6.42 Å². The van der Waals surface area contributed by atoms with E-state index < -0.39 is 0 Å². The lowest BCUT2D eigenvalue weighted by Crippen LogP contribution is -2.41. The summed E-state index contributed by atoms with van der Waals surface area (Å²) < 4.78 is 5.16. The number of nitrogens with zero attached hydrogens (tertiary/aromatic N) is 1. The molecule has 0 spiro atoms. The van der Waals surface area contributed by atoms with Gasteiger partial charge in [-0.3, -0.25) is 9.59 Å². The second-order valence-electron chi connectivity index (χ2n) is 5.68. The Bertz CT molecular complexity index is 489. The van der Waals surface area contributed by atoms with E-state index in [2.05, 4.69) is 0 Å². The molecule has 120 valence electrons. The first-order valence-electron chi connectivity index (χ1n) is 7.77. The van der Waals surface area contributed by atoms with E-state index in [9.17, 15) is 14.7 Å². The molecular weight excluding hydrogens is 282 g/mol. The zero-order valence-corrected chi connectivity index (χ0v) is 12.7. The molecule has 0 saturated carbocycles. The highest BCUT2D eigenvalue weighted by molar-refractivity contribution is 5.81. The van der Waals surface area contributed by atoms with Crippen LogP contribution < -0.4 is 0 Å². The van der Waals surface area contributed by atoms with E-state index in [1.165, 1.54) is 0 Å². The average Bonchev–Trinajstić information content (AvgIpc) is 2.58. The van der Waals surface area contributed by atoms with Crippen molar-refractivity contribution in [2.24, 2.45) is 5.92 Å². The number of hydrogen-bond donors (Lipinski definition) is 1. The van der Waals surface area contributed by atoms with Crippen molar-refractivity contribution in [2.45, 2.75) is 32.3 Å². The van der Waals surface area contributed by atoms with Crippen molar-refractivity contribution in [1.29, 1.82) is 0 Å². The minimum absolute atomic E-state index is 0.0326. The highest BCUT2D eigenvalue weighted by Gasteiger charge is 2.23. The molecule has 5 nitrogen and oxygen atoms in total. The normalized spacial score (nSPS) is 18.0. The predicted octanol–water partition coefficient (Wildman–Crippen LogP) is 1.74. The third-order valence-corrected chi connectivity index (χ3v) is 3.92. The summed E-state index contributed by atoms with van der Waals surface area (Å²) in [6.07, 6.45) is 2.15. The highest BCUT2D eigenvalue weighted by Crippen LogP contribution is 2.17. The third-order valence-electron chi connectivity index (χ3n) is 3.92. The molecule has 1 aromatic rings. The molecule has 1 heterocycles. The van der Waals surface area contributed by atoms with E-state index in [0.29, 0.717) is 13.1 Å². The fraction of sp³-hybridized carbons (Fsp3) is 0.529. The van der Waals surface area contributed by atoms with Gasteiger partial charge in [-0.2, -0.15) is 0 Å². The van der Waals surface area contributed by atoms with Gasteiger partial charge in [-0.15, -0.1) is 0 Å². The topological polar surface area (TPSA) is 66.8 Å². The van der Waals surface area contributed by atoms with Crippen LogP contribution in [0.2, 0.25) is 0 Å². The lowest BCUT2D eigenvalue weighted by atomic mass is 9.99. The van der Waals surface area contributed by atoms with Gasteiger partial charge in [-0.25, -0.2) is 0 Å². The van der Waals surface area contributed by atoms with Gasteiger partial charge in [0.2, 0.25) is 5.91 Å². The molecule has 2 rings (SSSR count). The maximum Gasteiger partial charge on any atom is 0.306 e. The number of carbonyl (C=O) groups is 2. The minimum Gasteiger partial charge on any atom is -0.461 e. The summed E-state index contributed by atoms with van der Waals surface area (Å²) in [5.41, 5.74) is 0.934. The van der Waals surface area contributed by atoms with Crippen LogP contribution in [0.25, 0.3) is 0 Å². The first kappa shape index (κ1) is 16.5.